The van der Waals surface area contributed by atoms with Crippen LogP contribution in [0.15, 0.2) is 65.5 Å². The van der Waals surface area contributed by atoms with Gasteiger partial charge in [0.05, 0.1) is 0 Å². The maximum atomic E-state index is 2.42. The standard InChI is InChI=1S/C17H19N/c1-3-13-10-14-12-15(4-2)18(17(14)11-13)16-8-6-5-7-9-16/h5-12,14H,3-4H2,1-2H3. The SMILES string of the molecule is CCC1=CC2C=C(CC)N(c3ccccc3)C2=C1. The van der Waals surface area contributed by atoms with Gasteiger partial charge in [-0.15, -0.1) is 0 Å². The maximum absolute atomic E-state index is 2.42. The Hall–Kier alpha value is -1.76. The third kappa shape index (κ3) is 1.71. The Labute approximate surface area is 109 Å². The largest absolute Gasteiger partial charge is 0.317 e. The Morgan fingerprint density at radius 3 is 2.44 bits per heavy atom. The van der Waals surface area contributed by atoms with Crippen molar-refractivity contribution in [1.82, 2.24) is 0 Å². The summed E-state index contributed by atoms with van der Waals surface area (Å²) in [5.41, 5.74) is 5.59. The van der Waals surface area contributed by atoms with Crippen molar-refractivity contribution < 1.29 is 0 Å². The van der Waals surface area contributed by atoms with Crippen LogP contribution in [0, 0.1) is 5.92 Å². The molecule has 0 radical (unpaired) electrons. The second-order valence-corrected chi connectivity index (χ2v) is 4.87. The van der Waals surface area contributed by atoms with Crippen molar-refractivity contribution in [2.24, 2.45) is 5.92 Å². The Morgan fingerprint density at radius 2 is 1.78 bits per heavy atom. The van der Waals surface area contributed by atoms with Crippen molar-refractivity contribution in [3.63, 3.8) is 0 Å². The minimum Gasteiger partial charge on any atom is -0.317 e. The summed E-state index contributed by atoms with van der Waals surface area (Å²) in [6.45, 7) is 4.45. The van der Waals surface area contributed by atoms with Crippen LogP contribution in [0.1, 0.15) is 26.7 Å². The Bertz CT molecular complexity index is 534. The van der Waals surface area contributed by atoms with Gasteiger partial charge in [0.15, 0.2) is 0 Å². The number of hydrogen-bond acceptors (Lipinski definition) is 1. The van der Waals surface area contributed by atoms with Crippen molar-refractivity contribution in [2.45, 2.75) is 26.7 Å². The first-order chi connectivity index (χ1) is 8.83. The number of benzene rings is 1. The van der Waals surface area contributed by atoms with E-state index in [4.69, 9.17) is 0 Å². The fourth-order valence-electron chi connectivity index (χ4n) is 2.83. The minimum absolute atomic E-state index is 0.495. The zero-order valence-electron chi connectivity index (χ0n) is 11.1. The minimum atomic E-state index is 0.495. The molecular weight excluding hydrogens is 218 g/mol. The quantitative estimate of drug-likeness (QED) is 0.739. The van der Waals surface area contributed by atoms with Crippen LogP contribution in [0.3, 0.4) is 0 Å². The van der Waals surface area contributed by atoms with E-state index in [1.165, 1.54) is 22.7 Å². The fraction of sp³-hybridized carbons (Fsp3) is 0.294. The normalized spacial score (nSPS) is 21.6. The van der Waals surface area contributed by atoms with Crippen LogP contribution < -0.4 is 4.90 Å². The molecular formula is C17H19N. The highest BCUT2D eigenvalue weighted by Crippen LogP contribution is 2.41. The lowest BCUT2D eigenvalue weighted by atomic mass is 10.1. The third-order valence-electron chi connectivity index (χ3n) is 3.77. The van der Waals surface area contributed by atoms with E-state index in [0.717, 1.165) is 12.8 Å². The lowest BCUT2D eigenvalue weighted by Gasteiger charge is -2.24. The van der Waals surface area contributed by atoms with E-state index in [2.05, 4.69) is 67.3 Å². The zero-order chi connectivity index (χ0) is 12.5. The number of allylic oxidation sites excluding steroid dienone is 4. The molecule has 1 aliphatic heterocycles. The van der Waals surface area contributed by atoms with Gasteiger partial charge in [0, 0.05) is 23.0 Å². The molecule has 0 saturated carbocycles. The summed E-state index contributed by atoms with van der Waals surface area (Å²) in [5.74, 6) is 0.495. The van der Waals surface area contributed by atoms with Gasteiger partial charge >= 0.3 is 0 Å². The van der Waals surface area contributed by atoms with Crippen molar-refractivity contribution >= 4 is 5.69 Å². The number of hydrogen-bond donors (Lipinski definition) is 0. The van der Waals surface area contributed by atoms with Crippen LogP contribution in [-0.2, 0) is 0 Å². The van der Waals surface area contributed by atoms with Crippen LogP contribution in [0.25, 0.3) is 0 Å². The highest BCUT2D eigenvalue weighted by atomic mass is 15.2. The smallest absolute Gasteiger partial charge is 0.0455 e. The summed E-state index contributed by atoms with van der Waals surface area (Å²) in [4.78, 5) is 2.42. The molecule has 1 unspecified atom stereocenters. The molecule has 1 nitrogen and oxygen atoms in total. The summed E-state index contributed by atoms with van der Waals surface area (Å²) in [6, 6.07) is 10.7. The van der Waals surface area contributed by atoms with Gasteiger partial charge in [0.1, 0.15) is 0 Å². The maximum Gasteiger partial charge on any atom is 0.0455 e. The van der Waals surface area contributed by atoms with E-state index in [0.29, 0.717) is 5.92 Å². The van der Waals surface area contributed by atoms with Gasteiger partial charge in [-0.3, -0.25) is 0 Å². The molecule has 1 atom stereocenters. The number of nitrogens with zero attached hydrogens (tertiary/aromatic N) is 1. The Balaban J connectivity index is 2.01. The molecule has 1 heteroatoms. The second kappa shape index (κ2) is 4.49. The highest BCUT2D eigenvalue weighted by molar-refractivity contribution is 5.65. The van der Waals surface area contributed by atoms with E-state index in [9.17, 15) is 0 Å². The summed E-state index contributed by atoms with van der Waals surface area (Å²) < 4.78 is 0. The van der Waals surface area contributed by atoms with Crippen molar-refractivity contribution in [3.8, 4) is 0 Å². The molecule has 1 aliphatic carbocycles. The molecule has 18 heavy (non-hydrogen) atoms. The average Bonchev–Trinajstić information content (AvgIpc) is 2.95. The molecule has 2 aliphatic rings. The lowest BCUT2D eigenvalue weighted by molar-refractivity contribution is 0.965. The molecule has 1 aromatic rings. The molecule has 1 aromatic carbocycles. The number of anilines is 1. The second-order valence-electron chi connectivity index (χ2n) is 4.87. The number of fused-ring (bicyclic) bond motifs is 1. The molecule has 0 N–H and O–H groups in total. The van der Waals surface area contributed by atoms with E-state index >= 15 is 0 Å². The first-order valence-corrected chi connectivity index (χ1v) is 6.81. The molecule has 92 valence electrons. The average molecular weight is 237 g/mol. The van der Waals surface area contributed by atoms with E-state index in [1.54, 1.807) is 0 Å². The fourth-order valence-corrected chi connectivity index (χ4v) is 2.83. The molecule has 0 bridgehead atoms. The first-order valence-electron chi connectivity index (χ1n) is 6.81. The summed E-state index contributed by atoms with van der Waals surface area (Å²) in [7, 11) is 0. The molecule has 0 aromatic heterocycles. The predicted octanol–water partition coefficient (Wildman–Crippen LogP) is 4.65. The molecule has 0 spiro atoms. The van der Waals surface area contributed by atoms with Crippen molar-refractivity contribution in [3.05, 3.63) is 65.5 Å². The van der Waals surface area contributed by atoms with Crippen LogP contribution >= 0.6 is 0 Å². The van der Waals surface area contributed by atoms with E-state index in [1.807, 2.05) is 0 Å². The summed E-state index contributed by atoms with van der Waals surface area (Å²) >= 11 is 0. The van der Waals surface area contributed by atoms with E-state index in [-0.39, 0.29) is 0 Å². The Kier molecular flexibility index (Phi) is 2.83. The highest BCUT2D eigenvalue weighted by Gasteiger charge is 2.30. The van der Waals surface area contributed by atoms with Gasteiger partial charge in [-0.2, -0.15) is 0 Å². The number of para-hydroxylation sites is 1. The van der Waals surface area contributed by atoms with Crippen molar-refractivity contribution in [2.75, 3.05) is 4.90 Å². The van der Waals surface area contributed by atoms with Crippen LogP contribution in [0.5, 0.6) is 0 Å². The topological polar surface area (TPSA) is 3.24 Å². The summed E-state index contributed by atoms with van der Waals surface area (Å²) in [6.07, 6.45) is 9.36. The van der Waals surface area contributed by atoms with Crippen LogP contribution in [0.2, 0.25) is 0 Å². The lowest BCUT2D eigenvalue weighted by Crippen LogP contribution is -2.17. The van der Waals surface area contributed by atoms with Crippen LogP contribution in [-0.4, -0.2) is 0 Å². The van der Waals surface area contributed by atoms with Crippen molar-refractivity contribution in [1.29, 1.82) is 0 Å². The van der Waals surface area contributed by atoms with Crippen LogP contribution in [0.4, 0.5) is 5.69 Å². The number of rotatable bonds is 3. The monoisotopic (exact) mass is 237 g/mol. The first kappa shape index (κ1) is 11.3. The molecule has 3 rings (SSSR count). The predicted molar refractivity (Wildman–Crippen MR) is 77.2 cm³/mol. The molecule has 1 heterocycles. The molecule has 0 amide bonds. The van der Waals surface area contributed by atoms with Gasteiger partial charge in [-0.1, -0.05) is 44.2 Å². The van der Waals surface area contributed by atoms with E-state index < -0.39 is 0 Å². The van der Waals surface area contributed by atoms with Gasteiger partial charge in [-0.25, -0.2) is 0 Å². The molecule has 0 saturated heterocycles. The Morgan fingerprint density at radius 1 is 1.00 bits per heavy atom. The third-order valence-corrected chi connectivity index (χ3v) is 3.77. The van der Waals surface area contributed by atoms with Gasteiger partial charge in [-0.05, 0) is 36.6 Å². The zero-order valence-corrected chi connectivity index (χ0v) is 11.1. The van der Waals surface area contributed by atoms with Gasteiger partial charge in [0.2, 0.25) is 0 Å². The van der Waals surface area contributed by atoms with Gasteiger partial charge < -0.3 is 4.90 Å². The van der Waals surface area contributed by atoms with Gasteiger partial charge in [0.25, 0.3) is 0 Å². The summed E-state index contributed by atoms with van der Waals surface area (Å²) in [5, 5.41) is 0. The molecule has 0 fully saturated rings.